The minimum absolute atomic E-state index is 0.476. The Bertz CT molecular complexity index is 401. The summed E-state index contributed by atoms with van der Waals surface area (Å²) in [4.78, 5) is 4.71. The number of nitrogens with zero attached hydrogens (tertiary/aromatic N) is 1. The molecule has 0 bridgehead atoms. The maximum Gasteiger partial charge on any atom is 0.0270 e. The molecule has 1 fully saturated rings. The van der Waals surface area contributed by atoms with E-state index in [1.807, 2.05) is 12.4 Å². The Morgan fingerprint density at radius 3 is 2.15 bits per heavy atom. The highest BCUT2D eigenvalue weighted by atomic mass is 79.9. The van der Waals surface area contributed by atoms with Gasteiger partial charge < -0.3 is 0 Å². The molecule has 0 aromatic carbocycles. The van der Waals surface area contributed by atoms with E-state index >= 15 is 0 Å². The standard InChI is InChI=1S/C18H28BrN/c1-13(14-9-11-20-12-10-14)17(19)15-5-7-16(8-6-15)18(2,3)4/h9-13,15-17H,5-8H2,1-4H3. The summed E-state index contributed by atoms with van der Waals surface area (Å²) in [6.45, 7) is 9.51. The third kappa shape index (κ3) is 3.84. The Hall–Kier alpha value is -0.370. The average Bonchev–Trinajstić information content (AvgIpc) is 2.46. The molecule has 0 radical (unpaired) electrons. The number of halogens is 1. The first-order valence-corrected chi connectivity index (χ1v) is 8.85. The van der Waals surface area contributed by atoms with Gasteiger partial charge in [-0.2, -0.15) is 0 Å². The Morgan fingerprint density at radius 1 is 1.10 bits per heavy atom. The van der Waals surface area contributed by atoms with Crippen molar-refractivity contribution in [3.63, 3.8) is 0 Å². The SMILES string of the molecule is CC(c1ccncc1)C(Br)C1CCC(C(C)(C)C)CC1. The summed E-state index contributed by atoms with van der Waals surface area (Å²) in [5.74, 6) is 2.28. The van der Waals surface area contributed by atoms with Crippen LogP contribution in [0.25, 0.3) is 0 Å². The Kier molecular flexibility index (Phi) is 5.28. The molecule has 1 heterocycles. The van der Waals surface area contributed by atoms with Crippen LogP contribution in [0.4, 0.5) is 0 Å². The fourth-order valence-corrected chi connectivity index (χ4v) is 4.40. The lowest BCUT2D eigenvalue weighted by Crippen LogP contribution is -2.30. The van der Waals surface area contributed by atoms with Gasteiger partial charge in [0.15, 0.2) is 0 Å². The van der Waals surface area contributed by atoms with Crippen molar-refractivity contribution in [1.29, 1.82) is 0 Å². The van der Waals surface area contributed by atoms with E-state index in [-0.39, 0.29) is 0 Å². The van der Waals surface area contributed by atoms with Crippen LogP contribution >= 0.6 is 15.9 Å². The lowest BCUT2D eigenvalue weighted by Gasteiger charge is -2.39. The Morgan fingerprint density at radius 2 is 1.65 bits per heavy atom. The maximum absolute atomic E-state index is 4.12. The van der Waals surface area contributed by atoms with Gasteiger partial charge in [0.25, 0.3) is 0 Å². The lowest BCUT2D eigenvalue weighted by atomic mass is 9.68. The van der Waals surface area contributed by atoms with E-state index in [4.69, 9.17) is 0 Å². The third-order valence-corrected chi connectivity index (χ3v) is 6.70. The highest BCUT2D eigenvalue weighted by Gasteiger charge is 2.33. The molecule has 0 spiro atoms. The van der Waals surface area contributed by atoms with E-state index in [0.29, 0.717) is 16.2 Å². The van der Waals surface area contributed by atoms with Gasteiger partial charge in [0.1, 0.15) is 0 Å². The minimum atomic E-state index is 0.476. The van der Waals surface area contributed by atoms with Crippen LogP contribution in [-0.2, 0) is 0 Å². The molecule has 1 saturated carbocycles. The van der Waals surface area contributed by atoms with Crippen LogP contribution in [0.15, 0.2) is 24.5 Å². The zero-order valence-corrected chi connectivity index (χ0v) is 14.9. The molecule has 1 aliphatic rings. The summed E-state index contributed by atoms with van der Waals surface area (Å²) in [6.07, 6.45) is 9.32. The second-order valence-electron chi connectivity index (χ2n) is 7.49. The van der Waals surface area contributed by atoms with Gasteiger partial charge in [0, 0.05) is 17.2 Å². The van der Waals surface area contributed by atoms with Crippen LogP contribution in [0.5, 0.6) is 0 Å². The normalized spacial score (nSPS) is 27.1. The highest BCUT2D eigenvalue weighted by molar-refractivity contribution is 9.09. The van der Waals surface area contributed by atoms with Crippen LogP contribution in [0.2, 0.25) is 0 Å². The van der Waals surface area contributed by atoms with E-state index in [9.17, 15) is 0 Å². The predicted molar refractivity (Wildman–Crippen MR) is 90.3 cm³/mol. The van der Waals surface area contributed by atoms with Gasteiger partial charge in [-0.15, -0.1) is 0 Å². The van der Waals surface area contributed by atoms with Gasteiger partial charge in [-0.3, -0.25) is 4.98 Å². The molecule has 0 amide bonds. The summed E-state index contributed by atoms with van der Waals surface area (Å²) in [5.41, 5.74) is 1.88. The van der Waals surface area contributed by atoms with E-state index in [1.165, 1.54) is 31.2 Å². The van der Waals surface area contributed by atoms with Crippen molar-refractivity contribution in [2.45, 2.75) is 64.1 Å². The summed E-state index contributed by atoms with van der Waals surface area (Å²) in [6, 6.07) is 4.30. The molecule has 0 saturated heterocycles. The van der Waals surface area contributed by atoms with Crippen molar-refractivity contribution in [3.8, 4) is 0 Å². The molecule has 20 heavy (non-hydrogen) atoms. The second kappa shape index (κ2) is 6.60. The van der Waals surface area contributed by atoms with Gasteiger partial charge in [-0.1, -0.05) is 43.6 Å². The summed E-state index contributed by atoms with van der Waals surface area (Å²) < 4.78 is 0. The van der Waals surface area contributed by atoms with Crippen LogP contribution in [0.1, 0.15) is 64.9 Å². The molecular formula is C18H28BrN. The molecule has 112 valence electrons. The largest absolute Gasteiger partial charge is 0.265 e. The molecule has 0 N–H and O–H groups in total. The molecule has 1 nitrogen and oxygen atoms in total. The predicted octanol–water partition coefficient (Wildman–Crippen LogP) is 5.80. The van der Waals surface area contributed by atoms with Gasteiger partial charge >= 0.3 is 0 Å². The van der Waals surface area contributed by atoms with Crippen molar-refractivity contribution in [3.05, 3.63) is 30.1 Å². The van der Waals surface area contributed by atoms with E-state index in [1.54, 1.807) is 0 Å². The summed E-state index contributed by atoms with van der Waals surface area (Å²) in [5, 5.41) is 0. The van der Waals surface area contributed by atoms with E-state index in [2.05, 4.69) is 60.7 Å². The van der Waals surface area contributed by atoms with E-state index < -0.39 is 0 Å². The van der Waals surface area contributed by atoms with Gasteiger partial charge in [0.2, 0.25) is 0 Å². The topological polar surface area (TPSA) is 12.9 Å². The molecule has 2 unspecified atom stereocenters. The first-order valence-electron chi connectivity index (χ1n) is 7.93. The van der Waals surface area contributed by atoms with Crippen molar-refractivity contribution in [1.82, 2.24) is 4.98 Å². The molecular weight excluding hydrogens is 310 g/mol. The molecule has 1 aliphatic carbocycles. The molecule has 1 aromatic heterocycles. The number of pyridine rings is 1. The molecule has 1 aromatic rings. The first-order chi connectivity index (χ1) is 9.39. The summed E-state index contributed by atoms with van der Waals surface area (Å²) >= 11 is 3.99. The summed E-state index contributed by atoms with van der Waals surface area (Å²) in [7, 11) is 0. The molecule has 2 atom stereocenters. The Balaban J connectivity index is 1.93. The van der Waals surface area contributed by atoms with Crippen LogP contribution in [0, 0.1) is 17.3 Å². The average molecular weight is 338 g/mol. The molecule has 2 rings (SSSR count). The molecule has 0 aliphatic heterocycles. The van der Waals surface area contributed by atoms with Gasteiger partial charge in [0.05, 0.1) is 0 Å². The van der Waals surface area contributed by atoms with Crippen molar-refractivity contribution in [2.75, 3.05) is 0 Å². The number of rotatable bonds is 3. The maximum atomic E-state index is 4.12. The lowest BCUT2D eigenvalue weighted by molar-refractivity contribution is 0.147. The monoisotopic (exact) mass is 337 g/mol. The fraction of sp³-hybridized carbons (Fsp3) is 0.722. The number of alkyl halides is 1. The smallest absolute Gasteiger partial charge is 0.0270 e. The number of hydrogen-bond acceptors (Lipinski definition) is 1. The highest BCUT2D eigenvalue weighted by Crippen LogP contribution is 2.44. The number of hydrogen-bond donors (Lipinski definition) is 0. The minimum Gasteiger partial charge on any atom is -0.265 e. The van der Waals surface area contributed by atoms with Crippen molar-refractivity contribution >= 4 is 15.9 Å². The Labute approximate surface area is 132 Å². The molecule has 2 heteroatoms. The van der Waals surface area contributed by atoms with E-state index in [0.717, 1.165) is 11.8 Å². The third-order valence-electron chi connectivity index (χ3n) is 5.16. The zero-order valence-electron chi connectivity index (χ0n) is 13.3. The zero-order chi connectivity index (χ0) is 14.8. The second-order valence-corrected chi connectivity index (χ2v) is 8.55. The van der Waals surface area contributed by atoms with Crippen molar-refractivity contribution in [2.24, 2.45) is 17.3 Å². The van der Waals surface area contributed by atoms with Crippen molar-refractivity contribution < 1.29 is 0 Å². The van der Waals surface area contributed by atoms with Crippen LogP contribution in [0.3, 0.4) is 0 Å². The number of aromatic nitrogens is 1. The van der Waals surface area contributed by atoms with Gasteiger partial charge in [-0.05, 0) is 66.5 Å². The first kappa shape index (κ1) is 16.0. The van der Waals surface area contributed by atoms with Gasteiger partial charge in [-0.25, -0.2) is 0 Å². The van der Waals surface area contributed by atoms with Crippen LogP contribution < -0.4 is 0 Å². The fourth-order valence-electron chi connectivity index (χ4n) is 3.56. The van der Waals surface area contributed by atoms with Crippen LogP contribution in [-0.4, -0.2) is 9.81 Å². The quantitative estimate of drug-likeness (QED) is 0.635.